The number of hydrogen-bond acceptors (Lipinski definition) is 3. The number of hydrogen-bond donors (Lipinski definition) is 0. The van der Waals surface area contributed by atoms with E-state index in [9.17, 15) is 0 Å². The highest BCUT2D eigenvalue weighted by molar-refractivity contribution is 6.28. The molecule has 0 N–H and O–H groups in total. The number of pyridine rings is 1. The zero-order chi connectivity index (χ0) is 32.3. The highest BCUT2D eigenvalue weighted by atomic mass is 15.2. The molecule has 49 heavy (non-hydrogen) atoms. The molecule has 0 atom stereocenters. The number of aromatic nitrogens is 4. The fraction of sp³-hybridized carbons (Fsp3) is 0. The average Bonchev–Trinajstić information content (AvgIpc) is 3.51. The van der Waals surface area contributed by atoms with Crippen LogP contribution in [0.4, 0.5) is 0 Å². The number of nitrogens with zero attached hydrogens (tertiary/aromatic N) is 4. The van der Waals surface area contributed by atoms with Crippen molar-refractivity contribution in [3.63, 3.8) is 0 Å². The molecular weight excluding hydrogens is 597 g/mol. The lowest BCUT2D eigenvalue weighted by atomic mass is 9.93. The van der Waals surface area contributed by atoms with Crippen molar-refractivity contribution in [2.75, 3.05) is 0 Å². The molecule has 10 rings (SSSR count). The highest BCUT2D eigenvalue weighted by Gasteiger charge is 2.20. The van der Waals surface area contributed by atoms with Gasteiger partial charge in [-0.2, -0.15) is 0 Å². The van der Waals surface area contributed by atoms with E-state index >= 15 is 0 Å². The summed E-state index contributed by atoms with van der Waals surface area (Å²) in [7, 11) is 0. The van der Waals surface area contributed by atoms with Gasteiger partial charge in [0.05, 0.1) is 28.1 Å². The third-order valence-corrected chi connectivity index (χ3v) is 9.64. The van der Waals surface area contributed by atoms with Crippen LogP contribution in [0.2, 0.25) is 0 Å². The maximum Gasteiger partial charge on any atom is 0.235 e. The van der Waals surface area contributed by atoms with Gasteiger partial charge in [0.2, 0.25) is 5.95 Å². The normalized spacial score (nSPS) is 11.7. The van der Waals surface area contributed by atoms with Crippen molar-refractivity contribution >= 4 is 54.1 Å². The third kappa shape index (κ3) is 4.42. The smallest absolute Gasteiger partial charge is 0.235 e. The van der Waals surface area contributed by atoms with Crippen molar-refractivity contribution in [1.82, 2.24) is 19.5 Å². The average molecular weight is 625 g/mol. The Labute approximate surface area is 282 Å². The molecule has 0 bridgehead atoms. The minimum Gasteiger partial charge on any atom is -0.278 e. The van der Waals surface area contributed by atoms with Crippen molar-refractivity contribution in [2.24, 2.45) is 0 Å². The van der Waals surface area contributed by atoms with Gasteiger partial charge in [-0.05, 0) is 68.7 Å². The van der Waals surface area contributed by atoms with Crippen LogP contribution in [0.25, 0.3) is 93.8 Å². The Balaban J connectivity index is 1.37. The molecule has 0 spiro atoms. The van der Waals surface area contributed by atoms with Crippen LogP contribution in [0, 0.1) is 0 Å². The van der Waals surface area contributed by atoms with Crippen LogP contribution in [-0.4, -0.2) is 19.5 Å². The van der Waals surface area contributed by atoms with Gasteiger partial charge in [0.1, 0.15) is 0 Å². The Kier molecular flexibility index (Phi) is 6.15. The summed E-state index contributed by atoms with van der Waals surface area (Å²) in [5, 5.41) is 9.73. The molecule has 0 aliphatic rings. The Bertz CT molecular complexity index is 2800. The SMILES string of the molecule is c1ccc(-c2cc(-c3ccccc3)nc(-n3c4cc(-c5ccccn5)ccc4c4cc5c6ccccc6c6ccccc6c5cc43)n2)cc1. The Hall–Kier alpha value is -6.65. The first-order valence-corrected chi connectivity index (χ1v) is 16.5. The van der Waals surface area contributed by atoms with Crippen LogP contribution in [0.1, 0.15) is 0 Å². The predicted octanol–water partition coefficient (Wildman–Crippen LogP) is 11.4. The fourth-order valence-electron chi connectivity index (χ4n) is 7.37. The Morgan fingerprint density at radius 3 is 1.45 bits per heavy atom. The second kappa shape index (κ2) is 11.0. The van der Waals surface area contributed by atoms with Crippen LogP contribution < -0.4 is 0 Å². The topological polar surface area (TPSA) is 43.6 Å². The van der Waals surface area contributed by atoms with Crippen LogP contribution in [0.3, 0.4) is 0 Å². The quantitative estimate of drug-likeness (QED) is 0.183. The van der Waals surface area contributed by atoms with Crippen molar-refractivity contribution in [1.29, 1.82) is 0 Å². The molecule has 228 valence electrons. The van der Waals surface area contributed by atoms with E-state index in [4.69, 9.17) is 15.0 Å². The van der Waals surface area contributed by atoms with Gasteiger partial charge in [0.25, 0.3) is 0 Å². The molecule has 4 nitrogen and oxygen atoms in total. The molecule has 0 amide bonds. The zero-order valence-electron chi connectivity index (χ0n) is 26.5. The van der Waals surface area contributed by atoms with E-state index in [0.29, 0.717) is 5.95 Å². The molecule has 7 aromatic carbocycles. The fourth-order valence-corrected chi connectivity index (χ4v) is 7.37. The van der Waals surface area contributed by atoms with Crippen molar-refractivity contribution in [2.45, 2.75) is 0 Å². The second-order valence-corrected chi connectivity index (χ2v) is 12.5. The van der Waals surface area contributed by atoms with Gasteiger partial charge in [-0.3, -0.25) is 9.55 Å². The van der Waals surface area contributed by atoms with Gasteiger partial charge >= 0.3 is 0 Å². The lowest BCUT2D eigenvalue weighted by molar-refractivity contribution is 0.996. The molecule has 3 aromatic heterocycles. The van der Waals surface area contributed by atoms with Gasteiger partial charge in [-0.15, -0.1) is 0 Å². The van der Waals surface area contributed by atoms with Gasteiger partial charge in [-0.1, -0.05) is 127 Å². The van der Waals surface area contributed by atoms with Gasteiger partial charge in [-0.25, -0.2) is 9.97 Å². The first kappa shape index (κ1) is 27.5. The van der Waals surface area contributed by atoms with Gasteiger partial charge < -0.3 is 0 Å². The summed E-state index contributed by atoms with van der Waals surface area (Å²) in [6, 6.07) is 57.7. The predicted molar refractivity (Wildman–Crippen MR) is 203 cm³/mol. The zero-order valence-corrected chi connectivity index (χ0v) is 26.5. The van der Waals surface area contributed by atoms with E-state index in [1.807, 2.05) is 30.5 Å². The van der Waals surface area contributed by atoms with Crippen molar-refractivity contribution in [3.05, 3.63) is 170 Å². The maximum atomic E-state index is 5.30. The van der Waals surface area contributed by atoms with Crippen LogP contribution in [0.15, 0.2) is 170 Å². The Morgan fingerprint density at radius 1 is 0.327 bits per heavy atom. The first-order chi connectivity index (χ1) is 24.3. The van der Waals surface area contributed by atoms with Gasteiger partial charge in [0.15, 0.2) is 0 Å². The van der Waals surface area contributed by atoms with Crippen LogP contribution in [-0.2, 0) is 0 Å². The molecule has 0 unspecified atom stereocenters. The summed E-state index contributed by atoms with van der Waals surface area (Å²) in [6.07, 6.45) is 1.84. The van der Waals surface area contributed by atoms with E-state index in [2.05, 4.69) is 144 Å². The molecule has 0 aliphatic heterocycles. The van der Waals surface area contributed by atoms with E-state index in [1.54, 1.807) is 0 Å². The molecule has 4 heteroatoms. The molecule has 0 saturated heterocycles. The maximum absolute atomic E-state index is 5.30. The number of benzene rings is 7. The summed E-state index contributed by atoms with van der Waals surface area (Å²) in [4.78, 5) is 15.3. The van der Waals surface area contributed by atoms with E-state index in [0.717, 1.165) is 55.6 Å². The number of fused-ring (bicyclic) bond motifs is 9. The summed E-state index contributed by atoms with van der Waals surface area (Å²) in [5.41, 5.74) is 7.89. The Morgan fingerprint density at radius 2 is 0.857 bits per heavy atom. The minimum absolute atomic E-state index is 0.628. The molecule has 0 fully saturated rings. The highest BCUT2D eigenvalue weighted by Crippen LogP contribution is 2.41. The largest absolute Gasteiger partial charge is 0.278 e. The monoisotopic (exact) mass is 624 g/mol. The van der Waals surface area contributed by atoms with Crippen molar-refractivity contribution < 1.29 is 0 Å². The summed E-state index contributed by atoms with van der Waals surface area (Å²) >= 11 is 0. The van der Waals surface area contributed by atoms with E-state index in [-0.39, 0.29) is 0 Å². The van der Waals surface area contributed by atoms with Crippen LogP contribution in [0.5, 0.6) is 0 Å². The third-order valence-electron chi connectivity index (χ3n) is 9.64. The molecule has 10 aromatic rings. The summed E-state index contributed by atoms with van der Waals surface area (Å²) in [6.45, 7) is 0. The van der Waals surface area contributed by atoms with E-state index in [1.165, 1.54) is 32.3 Å². The number of rotatable bonds is 4. The molecule has 0 radical (unpaired) electrons. The van der Waals surface area contributed by atoms with Gasteiger partial charge in [0, 0.05) is 33.7 Å². The summed E-state index contributed by atoms with van der Waals surface area (Å²) < 4.78 is 2.25. The lowest BCUT2D eigenvalue weighted by Gasteiger charge is -2.13. The summed E-state index contributed by atoms with van der Waals surface area (Å²) in [5.74, 6) is 0.628. The molecule has 3 heterocycles. The lowest BCUT2D eigenvalue weighted by Crippen LogP contribution is -2.04. The minimum atomic E-state index is 0.628. The first-order valence-electron chi connectivity index (χ1n) is 16.5. The van der Waals surface area contributed by atoms with E-state index < -0.39 is 0 Å². The molecule has 0 saturated carbocycles. The van der Waals surface area contributed by atoms with Crippen molar-refractivity contribution in [3.8, 4) is 39.7 Å². The standard InChI is InChI=1S/C45H28N4/c1-3-13-29(14-4-1)41-28-42(30-15-5-2-6-16-30)48-45(47-41)49-43-25-31(40-21-11-12-24-46-40)22-23-36(43)39-26-37-34-19-9-7-17-32(34)33-18-8-10-20-35(33)38(37)27-44(39)49/h1-28H. The molecular formula is C45H28N4. The van der Waals surface area contributed by atoms with Crippen LogP contribution >= 0.6 is 0 Å². The second-order valence-electron chi connectivity index (χ2n) is 12.5. The molecule has 0 aliphatic carbocycles.